The fourth-order valence-electron chi connectivity index (χ4n) is 2.21. The van der Waals surface area contributed by atoms with Gasteiger partial charge in [0.15, 0.2) is 0 Å². The summed E-state index contributed by atoms with van der Waals surface area (Å²) in [6.45, 7) is 0.564. The first-order chi connectivity index (χ1) is 11.2. The Labute approximate surface area is 140 Å². The predicted octanol–water partition coefficient (Wildman–Crippen LogP) is 3.03. The van der Waals surface area contributed by atoms with Crippen LogP contribution in [0.2, 0.25) is 5.15 Å². The topological polar surface area (TPSA) is 62.2 Å². The van der Waals surface area contributed by atoms with Gasteiger partial charge in [-0.15, -0.1) is 0 Å². The minimum absolute atomic E-state index is 0.0850. The number of aliphatic hydroxyl groups is 1. The van der Waals surface area contributed by atoms with Gasteiger partial charge in [0.25, 0.3) is 0 Å². The second-order valence-electron chi connectivity index (χ2n) is 5.11. The molecule has 0 spiro atoms. The number of rotatable bonds is 7. The Morgan fingerprint density at radius 1 is 1.26 bits per heavy atom. The maximum absolute atomic E-state index is 11.9. The zero-order valence-corrected chi connectivity index (χ0v) is 13.4. The highest BCUT2D eigenvalue weighted by Gasteiger charge is 2.11. The van der Waals surface area contributed by atoms with E-state index in [1.807, 2.05) is 30.3 Å². The standard InChI is InChI=1S/C18H19ClN2O2/c19-17-8-6-14(12-20-17)7-9-18(23)21-13-16(10-11-22)15-4-2-1-3-5-15/h1-9,12,16,22H,10-11,13H2,(H,21,23)/b9-7+. The van der Waals surface area contributed by atoms with Gasteiger partial charge >= 0.3 is 0 Å². The molecule has 2 rings (SSSR count). The average Bonchev–Trinajstić information content (AvgIpc) is 2.59. The van der Waals surface area contributed by atoms with Crippen LogP contribution in [0.5, 0.6) is 0 Å². The molecule has 23 heavy (non-hydrogen) atoms. The molecule has 0 saturated carbocycles. The van der Waals surface area contributed by atoms with Crippen molar-refractivity contribution in [3.63, 3.8) is 0 Å². The number of hydrogen-bond donors (Lipinski definition) is 2. The Bertz CT molecular complexity index is 642. The average molecular weight is 331 g/mol. The molecule has 2 N–H and O–H groups in total. The molecule has 5 heteroatoms. The number of nitrogens with one attached hydrogen (secondary N) is 1. The van der Waals surface area contributed by atoms with Crippen molar-refractivity contribution in [2.75, 3.05) is 13.2 Å². The van der Waals surface area contributed by atoms with Gasteiger partial charge in [0.05, 0.1) is 0 Å². The van der Waals surface area contributed by atoms with Gasteiger partial charge in [-0.05, 0) is 29.7 Å². The fraction of sp³-hybridized carbons (Fsp3) is 0.222. The normalized spacial score (nSPS) is 12.3. The van der Waals surface area contributed by atoms with Crippen LogP contribution in [0.15, 0.2) is 54.7 Å². The smallest absolute Gasteiger partial charge is 0.244 e. The zero-order chi connectivity index (χ0) is 16.5. The highest BCUT2D eigenvalue weighted by molar-refractivity contribution is 6.29. The summed E-state index contributed by atoms with van der Waals surface area (Å²) < 4.78 is 0. The molecule has 0 saturated heterocycles. The Balaban J connectivity index is 1.90. The largest absolute Gasteiger partial charge is 0.396 e. The number of amides is 1. The van der Waals surface area contributed by atoms with E-state index in [0.717, 1.165) is 11.1 Å². The summed E-state index contributed by atoms with van der Waals surface area (Å²) in [6.07, 6.45) is 5.36. The van der Waals surface area contributed by atoms with E-state index in [0.29, 0.717) is 18.1 Å². The lowest BCUT2D eigenvalue weighted by Gasteiger charge is -2.16. The Hall–Kier alpha value is -2.17. The van der Waals surface area contributed by atoms with Gasteiger partial charge in [-0.1, -0.05) is 48.0 Å². The van der Waals surface area contributed by atoms with Crippen molar-refractivity contribution < 1.29 is 9.90 Å². The lowest BCUT2D eigenvalue weighted by atomic mass is 9.96. The molecule has 1 atom stereocenters. The van der Waals surface area contributed by atoms with Gasteiger partial charge in [-0.3, -0.25) is 4.79 Å². The number of aromatic nitrogens is 1. The monoisotopic (exact) mass is 330 g/mol. The predicted molar refractivity (Wildman–Crippen MR) is 92.2 cm³/mol. The SMILES string of the molecule is O=C(/C=C/c1ccc(Cl)nc1)NCC(CCO)c1ccccc1. The van der Waals surface area contributed by atoms with Crippen LogP contribution in [0.25, 0.3) is 6.08 Å². The summed E-state index contributed by atoms with van der Waals surface area (Å²) in [5, 5.41) is 12.5. The minimum atomic E-state index is -0.182. The molecule has 120 valence electrons. The lowest BCUT2D eigenvalue weighted by Crippen LogP contribution is -2.27. The van der Waals surface area contributed by atoms with Crippen LogP contribution in [-0.4, -0.2) is 29.1 Å². The lowest BCUT2D eigenvalue weighted by molar-refractivity contribution is -0.116. The highest BCUT2D eigenvalue weighted by atomic mass is 35.5. The van der Waals surface area contributed by atoms with Gasteiger partial charge in [-0.25, -0.2) is 4.98 Å². The number of nitrogens with zero attached hydrogens (tertiary/aromatic N) is 1. The van der Waals surface area contributed by atoms with E-state index < -0.39 is 0 Å². The van der Waals surface area contributed by atoms with E-state index >= 15 is 0 Å². The molecule has 1 aromatic carbocycles. The molecule has 0 aliphatic heterocycles. The summed E-state index contributed by atoms with van der Waals surface area (Å²) in [6, 6.07) is 13.3. The van der Waals surface area contributed by atoms with Crippen LogP contribution in [0.4, 0.5) is 0 Å². The van der Waals surface area contributed by atoms with Gasteiger partial charge in [-0.2, -0.15) is 0 Å². The van der Waals surface area contributed by atoms with E-state index in [4.69, 9.17) is 11.6 Å². The minimum Gasteiger partial charge on any atom is -0.396 e. The second-order valence-corrected chi connectivity index (χ2v) is 5.50. The summed E-state index contributed by atoms with van der Waals surface area (Å²) >= 11 is 5.71. The summed E-state index contributed by atoms with van der Waals surface area (Å²) in [5.41, 5.74) is 1.91. The maximum Gasteiger partial charge on any atom is 0.244 e. The molecule has 2 aromatic rings. The molecular weight excluding hydrogens is 312 g/mol. The summed E-state index contributed by atoms with van der Waals surface area (Å²) in [4.78, 5) is 15.9. The summed E-state index contributed by atoms with van der Waals surface area (Å²) in [7, 11) is 0. The molecule has 4 nitrogen and oxygen atoms in total. The number of hydrogen-bond acceptors (Lipinski definition) is 3. The Morgan fingerprint density at radius 2 is 2.04 bits per heavy atom. The van der Waals surface area contributed by atoms with E-state index in [1.54, 1.807) is 24.4 Å². The number of halogens is 1. The van der Waals surface area contributed by atoms with Crippen LogP contribution in [-0.2, 0) is 4.79 Å². The van der Waals surface area contributed by atoms with Crippen LogP contribution >= 0.6 is 11.6 Å². The zero-order valence-electron chi connectivity index (χ0n) is 12.7. The molecule has 0 fully saturated rings. The quantitative estimate of drug-likeness (QED) is 0.606. The number of pyridine rings is 1. The number of aliphatic hydroxyl groups excluding tert-OH is 1. The Kier molecular flexibility index (Phi) is 6.78. The molecule has 1 aromatic heterocycles. The van der Waals surface area contributed by atoms with E-state index in [-0.39, 0.29) is 18.4 Å². The summed E-state index contributed by atoms with van der Waals surface area (Å²) in [5.74, 6) is -0.0884. The number of carbonyl (C=O) groups is 1. The van der Waals surface area contributed by atoms with Crippen molar-refractivity contribution in [1.29, 1.82) is 0 Å². The van der Waals surface area contributed by atoms with E-state index in [2.05, 4.69) is 10.3 Å². The van der Waals surface area contributed by atoms with Crippen LogP contribution in [0.1, 0.15) is 23.5 Å². The van der Waals surface area contributed by atoms with Crippen molar-refractivity contribution in [3.05, 3.63) is 71.0 Å². The maximum atomic E-state index is 11.9. The fourth-order valence-corrected chi connectivity index (χ4v) is 2.32. The van der Waals surface area contributed by atoms with Crippen molar-refractivity contribution in [3.8, 4) is 0 Å². The van der Waals surface area contributed by atoms with Gasteiger partial charge in [0.2, 0.25) is 5.91 Å². The molecular formula is C18H19ClN2O2. The Morgan fingerprint density at radius 3 is 2.70 bits per heavy atom. The van der Waals surface area contributed by atoms with Crippen molar-refractivity contribution in [2.45, 2.75) is 12.3 Å². The number of carbonyl (C=O) groups excluding carboxylic acids is 1. The van der Waals surface area contributed by atoms with Crippen LogP contribution in [0, 0.1) is 0 Å². The van der Waals surface area contributed by atoms with Gasteiger partial charge in [0.1, 0.15) is 5.15 Å². The molecule has 1 amide bonds. The van der Waals surface area contributed by atoms with Crippen LogP contribution < -0.4 is 5.32 Å². The molecule has 1 unspecified atom stereocenters. The van der Waals surface area contributed by atoms with Crippen molar-refractivity contribution >= 4 is 23.6 Å². The first kappa shape index (κ1) is 17.2. The van der Waals surface area contributed by atoms with E-state index in [9.17, 15) is 9.90 Å². The second kappa shape index (κ2) is 9.08. The third-order valence-corrected chi connectivity index (χ3v) is 3.67. The molecule has 1 heterocycles. The van der Waals surface area contributed by atoms with Crippen molar-refractivity contribution in [1.82, 2.24) is 10.3 Å². The first-order valence-electron chi connectivity index (χ1n) is 7.42. The van der Waals surface area contributed by atoms with E-state index in [1.165, 1.54) is 6.08 Å². The van der Waals surface area contributed by atoms with Gasteiger partial charge < -0.3 is 10.4 Å². The van der Waals surface area contributed by atoms with Crippen molar-refractivity contribution in [2.24, 2.45) is 0 Å². The molecule has 0 aliphatic carbocycles. The van der Waals surface area contributed by atoms with Crippen LogP contribution in [0.3, 0.4) is 0 Å². The third kappa shape index (κ3) is 5.85. The molecule has 0 aliphatic rings. The molecule has 0 radical (unpaired) electrons. The van der Waals surface area contributed by atoms with Gasteiger partial charge in [0, 0.05) is 31.3 Å². The molecule has 0 bridgehead atoms. The third-order valence-electron chi connectivity index (χ3n) is 3.45. The highest BCUT2D eigenvalue weighted by Crippen LogP contribution is 2.18. The number of benzene rings is 1. The first-order valence-corrected chi connectivity index (χ1v) is 7.80.